The Morgan fingerprint density at radius 3 is 2.30 bits per heavy atom. The van der Waals surface area contributed by atoms with E-state index >= 15 is 0 Å². The molecule has 0 aromatic heterocycles. The molecular formula is C7H12O3. The summed E-state index contributed by atoms with van der Waals surface area (Å²) in [5.41, 5.74) is 0.294. The first-order chi connectivity index (χ1) is 4.63. The molecule has 10 heavy (non-hydrogen) atoms. The molecule has 3 nitrogen and oxygen atoms in total. The first kappa shape index (κ1) is 9.17. The summed E-state index contributed by atoms with van der Waals surface area (Å²) in [6, 6.07) is 0. The molecule has 0 saturated carbocycles. The number of hydrogen-bond donors (Lipinski definition) is 1. The van der Waals surface area contributed by atoms with Crippen LogP contribution < -0.4 is 0 Å². The SMILES string of the molecule is CC=C(C(=O)OC)C(C)O. The minimum atomic E-state index is -0.752. The van der Waals surface area contributed by atoms with Crippen molar-refractivity contribution in [3.63, 3.8) is 0 Å². The van der Waals surface area contributed by atoms with Gasteiger partial charge in [-0.05, 0) is 13.8 Å². The fraction of sp³-hybridized carbons (Fsp3) is 0.571. The molecule has 0 aromatic rings. The van der Waals surface area contributed by atoms with Gasteiger partial charge in [-0.15, -0.1) is 0 Å². The van der Waals surface area contributed by atoms with Crippen molar-refractivity contribution in [3.8, 4) is 0 Å². The zero-order valence-electron chi connectivity index (χ0n) is 6.42. The molecule has 1 unspecified atom stereocenters. The van der Waals surface area contributed by atoms with Crippen molar-refractivity contribution in [1.82, 2.24) is 0 Å². The van der Waals surface area contributed by atoms with Crippen molar-refractivity contribution in [2.75, 3.05) is 7.11 Å². The van der Waals surface area contributed by atoms with Crippen LogP contribution in [0.5, 0.6) is 0 Å². The van der Waals surface area contributed by atoms with Crippen LogP contribution in [0.2, 0.25) is 0 Å². The predicted molar refractivity (Wildman–Crippen MR) is 37.5 cm³/mol. The van der Waals surface area contributed by atoms with Crippen LogP contribution in [-0.4, -0.2) is 24.3 Å². The first-order valence-corrected chi connectivity index (χ1v) is 3.06. The van der Waals surface area contributed by atoms with Gasteiger partial charge in [0.1, 0.15) is 0 Å². The van der Waals surface area contributed by atoms with Gasteiger partial charge in [0.2, 0.25) is 0 Å². The molecule has 1 N–H and O–H groups in total. The Balaban J connectivity index is 4.24. The van der Waals surface area contributed by atoms with Gasteiger partial charge >= 0.3 is 5.97 Å². The first-order valence-electron chi connectivity index (χ1n) is 3.06. The van der Waals surface area contributed by atoms with Crippen molar-refractivity contribution in [2.45, 2.75) is 20.0 Å². The molecule has 0 spiro atoms. The fourth-order valence-corrected chi connectivity index (χ4v) is 0.647. The highest BCUT2D eigenvalue weighted by Gasteiger charge is 2.12. The molecule has 0 radical (unpaired) electrons. The molecule has 0 saturated heterocycles. The summed E-state index contributed by atoms with van der Waals surface area (Å²) in [6.45, 7) is 3.20. The smallest absolute Gasteiger partial charge is 0.336 e. The van der Waals surface area contributed by atoms with Gasteiger partial charge in [-0.1, -0.05) is 6.08 Å². The maximum absolute atomic E-state index is 10.7. The van der Waals surface area contributed by atoms with Gasteiger partial charge in [0, 0.05) is 0 Å². The zero-order chi connectivity index (χ0) is 8.15. The average Bonchev–Trinajstić information content (AvgIpc) is 1.88. The van der Waals surface area contributed by atoms with E-state index in [9.17, 15) is 4.79 Å². The van der Waals surface area contributed by atoms with E-state index in [1.807, 2.05) is 0 Å². The highest BCUT2D eigenvalue weighted by Crippen LogP contribution is 2.02. The molecule has 1 atom stereocenters. The van der Waals surface area contributed by atoms with Crippen LogP contribution in [0.1, 0.15) is 13.8 Å². The third-order valence-electron chi connectivity index (χ3n) is 1.18. The second-order valence-electron chi connectivity index (χ2n) is 1.91. The molecule has 0 amide bonds. The fourth-order valence-electron chi connectivity index (χ4n) is 0.647. The lowest BCUT2D eigenvalue weighted by Gasteiger charge is -2.05. The molecule has 0 fully saturated rings. The third-order valence-corrected chi connectivity index (χ3v) is 1.18. The maximum atomic E-state index is 10.7. The van der Waals surface area contributed by atoms with E-state index in [4.69, 9.17) is 5.11 Å². The van der Waals surface area contributed by atoms with Gasteiger partial charge in [0.05, 0.1) is 18.8 Å². The lowest BCUT2D eigenvalue weighted by atomic mass is 10.1. The molecule has 0 rings (SSSR count). The minimum Gasteiger partial charge on any atom is -0.466 e. The summed E-state index contributed by atoms with van der Waals surface area (Å²) in [5.74, 6) is -0.475. The van der Waals surface area contributed by atoms with Crippen LogP contribution in [0, 0.1) is 0 Å². The number of methoxy groups -OCH3 is 1. The van der Waals surface area contributed by atoms with Crippen LogP contribution >= 0.6 is 0 Å². The highest BCUT2D eigenvalue weighted by atomic mass is 16.5. The van der Waals surface area contributed by atoms with Crippen molar-refractivity contribution in [1.29, 1.82) is 0 Å². The van der Waals surface area contributed by atoms with E-state index in [0.717, 1.165) is 0 Å². The van der Waals surface area contributed by atoms with E-state index in [2.05, 4.69) is 4.74 Å². The van der Waals surface area contributed by atoms with Crippen LogP contribution in [-0.2, 0) is 9.53 Å². The van der Waals surface area contributed by atoms with Gasteiger partial charge in [0.15, 0.2) is 0 Å². The second-order valence-corrected chi connectivity index (χ2v) is 1.91. The topological polar surface area (TPSA) is 46.5 Å². The van der Waals surface area contributed by atoms with Gasteiger partial charge < -0.3 is 9.84 Å². The summed E-state index contributed by atoms with van der Waals surface area (Å²) >= 11 is 0. The maximum Gasteiger partial charge on any atom is 0.336 e. The van der Waals surface area contributed by atoms with Gasteiger partial charge in [-0.25, -0.2) is 4.79 Å². The van der Waals surface area contributed by atoms with E-state index in [1.54, 1.807) is 6.92 Å². The largest absolute Gasteiger partial charge is 0.466 e. The van der Waals surface area contributed by atoms with E-state index < -0.39 is 12.1 Å². The van der Waals surface area contributed by atoms with Gasteiger partial charge in [0.25, 0.3) is 0 Å². The molecule has 0 bridgehead atoms. The van der Waals surface area contributed by atoms with Gasteiger partial charge in [-0.2, -0.15) is 0 Å². The molecule has 0 heterocycles. The van der Waals surface area contributed by atoms with Gasteiger partial charge in [-0.3, -0.25) is 0 Å². The normalized spacial score (nSPS) is 14.6. The van der Waals surface area contributed by atoms with Crippen molar-refractivity contribution in [3.05, 3.63) is 11.6 Å². The van der Waals surface area contributed by atoms with Crippen LogP contribution in [0.25, 0.3) is 0 Å². The van der Waals surface area contributed by atoms with Crippen LogP contribution in [0.3, 0.4) is 0 Å². The standard InChI is InChI=1S/C7H12O3/c1-4-6(5(2)8)7(9)10-3/h4-5,8H,1-3H3. The summed E-state index contributed by atoms with van der Waals surface area (Å²) in [4.78, 5) is 10.7. The quantitative estimate of drug-likeness (QED) is 0.453. The molecule has 0 aromatic carbocycles. The van der Waals surface area contributed by atoms with Crippen LogP contribution in [0.15, 0.2) is 11.6 Å². The highest BCUT2D eigenvalue weighted by molar-refractivity contribution is 5.89. The molecule has 0 aliphatic carbocycles. The number of carbonyl (C=O) groups is 1. The Bertz CT molecular complexity index is 147. The van der Waals surface area contributed by atoms with E-state index in [1.165, 1.54) is 20.1 Å². The average molecular weight is 144 g/mol. The molecule has 0 aliphatic heterocycles. The number of ether oxygens (including phenoxy) is 1. The van der Waals surface area contributed by atoms with Crippen LogP contribution in [0.4, 0.5) is 0 Å². The van der Waals surface area contributed by atoms with E-state index in [0.29, 0.717) is 5.57 Å². The Morgan fingerprint density at radius 2 is 2.20 bits per heavy atom. The Hall–Kier alpha value is -0.830. The zero-order valence-corrected chi connectivity index (χ0v) is 6.42. The van der Waals surface area contributed by atoms with Crippen molar-refractivity contribution < 1.29 is 14.6 Å². The number of hydrogen-bond acceptors (Lipinski definition) is 3. The lowest BCUT2D eigenvalue weighted by Crippen LogP contribution is -2.15. The summed E-state index contributed by atoms with van der Waals surface area (Å²) in [7, 11) is 1.29. The third kappa shape index (κ3) is 2.19. The molecule has 58 valence electrons. The molecule has 0 aliphatic rings. The summed E-state index contributed by atoms with van der Waals surface area (Å²) in [5, 5.41) is 8.94. The molecule has 3 heteroatoms. The Labute approximate surface area is 60.3 Å². The number of carbonyl (C=O) groups excluding carboxylic acids is 1. The monoisotopic (exact) mass is 144 g/mol. The minimum absolute atomic E-state index is 0.294. The second kappa shape index (κ2) is 4.06. The number of esters is 1. The Morgan fingerprint density at radius 1 is 1.70 bits per heavy atom. The van der Waals surface area contributed by atoms with Crippen molar-refractivity contribution >= 4 is 5.97 Å². The van der Waals surface area contributed by atoms with Crippen molar-refractivity contribution in [2.24, 2.45) is 0 Å². The lowest BCUT2D eigenvalue weighted by molar-refractivity contribution is -0.137. The number of rotatable bonds is 2. The summed E-state index contributed by atoms with van der Waals surface area (Å²) in [6.07, 6.45) is 0.786. The predicted octanol–water partition coefficient (Wildman–Crippen LogP) is 0.486. The Kier molecular flexibility index (Phi) is 3.72. The number of aliphatic hydroxyl groups excluding tert-OH is 1. The number of allylic oxidation sites excluding steroid dienone is 1. The van der Waals surface area contributed by atoms with E-state index in [-0.39, 0.29) is 0 Å². The molecular weight excluding hydrogens is 132 g/mol. The summed E-state index contributed by atoms with van der Waals surface area (Å²) < 4.78 is 4.40. The number of aliphatic hydroxyl groups is 1.